The van der Waals surface area contributed by atoms with Crippen molar-refractivity contribution in [3.63, 3.8) is 0 Å². The third-order valence-electron chi connectivity index (χ3n) is 1.94. The minimum atomic E-state index is -0.304. The molecule has 5 heteroatoms. The van der Waals surface area contributed by atoms with Gasteiger partial charge in [-0.3, -0.25) is 0 Å². The highest BCUT2D eigenvalue weighted by molar-refractivity contribution is 5.80. The first kappa shape index (κ1) is 10.6. The van der Waals surface area contributed by atoms with Crippen molar-refractivity contribution in [2.75, 3.05) is 27.3 Å². The van der Waals surface area contributed by atoms with Gasteiger partial charge in [0, 0.05) is 6.54 Å². The lowest BCUT2D eigenvalue weighted by molar-refractivity contribution is 0.127. The molecule has 0 spiro atoms. The van der Waals surface area contributed by atoms with Gasteiger partial charge in [-0.05, 0) is 12.0 Å². The number of carbonyl (C=O) groups is 1. The van der Waals surface area contributed by atoms with Crippen LogP contribution in [0.1, 0.15) is 6.42 Å². The summed E-state index contributed by atoms with van der Waals surface area (Å²) in [7, 11) is 2.86. The zero-order valence-corrected chi connectivity index (χ0v) is 8.40. The Morgan fingerprint density at radius 2 is 2.43 bits per heavy atom. The molecule has 0 saturated carbocycles. The van der Waals surface area contributed by atoms with Crippen molar-refractivity contribution >= 4 is 12.3 Å². The highest BCUT2D eigenvalue weighted by atomic mass is 16.6. The number of hydrogen-bond acceptors (Lipinski definition) is 4. The van der Waals surface area contributed by atoms with Crippen molar-refractivity contribution in [2.45, 2.75) is 6.42 Å². The summed E-state index contributed by atoms with van der Waals surface area (Å²) in [5, 5.41) is 3.64. The number of methoxy groups -OCH3 is 1. The van der Waals surface area contributed by atoms with Crippen LogP contribution in [0.5, 0.6) is 0 Å². The molecule has 0 unspecified atom stereocenters. The van der Waals surface area contributed by atoms with Gasteiger partial charge in [-0.2, -0.15) is 0 Å². The van der Waals surface area contributed by atoms with E-state index in [9.17, 15) is 4.79 Å². The molecule has 0 atom stereocenters. The molecule has 0 saturated heterocycles. The van der Waals surface area contributed by atoms with Crippen molar-refractivity contribution in [1.82, 2.24) is 4.90 Å². The third-order valence-corrected chi connectivity index (χ3v) is 1.94. The van der Waals surface area contributed by atoms with E-state index in [2.05, 4.69) is 14.7 Å². The van der Waals surface area contributed by atoms with Crippen LogP contribution in [-0.4, -0.2) is 44.5 Å². The van der Waals surface area contributed by atoms with Crippen molar-refractivity contribution < 1.29 is 14.4 Å². The van der Waals surface area contributed by atoms with Gasteiger partial charge >= 0.3 is 6.09 Å². The molecule has 0 aromatic carbocycles. The Labute approximate surface area is 83.0 Å². The maximum Gasteiger partial charge on any atom is 0.409 e. The Balaban J connectivity index is 2.53. The van der Waals surface area contributed by atoms with E-state index in [-0.39, 0.29) is 6.09 Å². The molecule has 0 fully saturated rings. The first-order valence-corrected chi connectivity index (χ1v) is 4.36. The smallest absolute Gasteiger partial charge is 0.409 e. The summed E-state index contributed by atoms with van der Waals surface area (Å²) in [4.78, 5) is 17.4. The number of rotatable bonds is 2. The molecule has 0 N–H and O–H groups in total. The van der Waals surface area contributed by atoms with Crippen molar-refractivity contribution in [1.29, 1.82) is 0 Å². The van der Waals surface area contributed by atoms with Crippen LogP contribution >= 0.6 is 0 Å². The second-order valence-corrected chi connectivity index (χ2v) is 2.88. The molecule has 0 aromatic rings. The van der Waals surface area contributed by atoms with Gasteiger partial charge in [0.1, 0.15) is 7.11 Å². The van der Waals surface area contributed by atoms with Crippen LogP contribution in [0.25, 0.3) is 0 Å². The Hall–Kier alpha value is -1.52. The minimum absolute atomic E-state index is 0.304. The average Bonchev–Trinajstić information content (AvgIpc) is 2.25. The minimum Gasteiger partial charge on any atom is -0.453 e. The zero-order chi connectivity index (χ0) is 10.4. The zero-order valence-electron chi connectivity index (χ0n) is 8.40. The molecule has 0 radical (unpaired) electrons. The lowest BCUT2D eigenvalue weighted by Gasteiger charge is -2.24. The molecule has 0 aliphatic carbocycles. The highest BCUT2D eigenvalue weighted by Gasteiger charge is 2.17. The van der Waals surface area contributed by atoms with Crippen LogP contribution in [0.4, 0.5) is 4.79 Å². The number of carbonyl (C=O) groups excluding carboxylic acids is 1. The fraction of sp³-hybridized carbons (Fsp3) is 0.556. The Morgan fingerprint density at radius 1 is 1.64 bits per heavy atom. The quantitative estimate of drug-likeness (QED) is 0.491. The Kier molecular flexibility index (Phi) is 3.97. The van der Waals surface area contributed by atoms with Gasteiger partial charge in [0.2, 0.25) is 0 Å². The molecule has 1 aliphatic rings. The largest absolute Gasteiger partial charge is 0.453 e. The number of amides is 1. The van der Waals surface area contributed by atoms with Crippen LogP contribution < -0.4 is 0 Å². The first-order chi connectivity index (χ1) is 6.77. The van der Waals surface area contributed by atoms with Gasteiger partial charge in [-0.15, -0.1) is 0 Å². The predicted octanol–water partition coefficient (Wildman–Crippen LogP) is 1.02. The topological polar surface area (TPSA) is 51.1 Å². The Bertz CT molecular complexity index is 261. The maximum absolute atomic E-state index is 11.2. The Morgan fingerprint density at radius 3 is 3.07 bits per heavy atom. The summed E-state index contributed by atoms with van der Waals surface area (Å²) >= 11 is 0. The van der Waals surface area contributed by atoms with Gasteiger partial charge in [0.15, 0.2) is 0 Å². The molecule has 1 rings (SSSR count). The average molecular weight is 198 g/mol. The lowest BCUT2D eigenvalue weighted by atomic mass is 10.1. The standard InChI is InChI=1S/C9H14N2O3/c1-13-9(12)11-5-3-4-8(7-11)6-10-14-2/h4,6H,3,5,7H2,1-2H3/b10-6+. The molecule has 1 amide bonds. The van der Waals surface area contributed by atoms with Crippen LogP contribution in [0, 0.1) is 0 Å². The normalized spacial score (nSPS) is 16.7. The first-order valence-electron chi connectivity index (χ1n) is 4.36. The summed E-state index contributed by atoms with van der Waals surface area (Å²) in [5.74, 6) is 0. The molecule has 14 heavy (non-hydrogen) atoms. The van der Waals surface area contributed by atoms with Crippen LogP contribution in [-0.2, 0) is 9.57 Å². The van der Waals surface area contributed by atoms with E-state index in [0.29, 0.717) is 13.1 Å². The van der Waals surface area contributed by atoms with Gasteiger partial charge in [0.05, 0.1) is 19.9 Å². The van der Waals surface area contributed by atoms with Crippen molar-refractivity contribution in [3.8, 4) is 0 Å². The van der Waals surface area contributed by atoms with Gasteiger partial charge in [-0.25, -0.2) is 4.79 Å². The number of oxime groups is 1. The summed E-state index contributed by atoms with van der Waals surface area (Å²) in [5.41, 5.74) is 0.962. The van der Waals surface area contributed by atoms with E-state index in [1.807, 2.05) is 6.08 Å². The fourth-order valence-electron chi connectivity index (χ4n) is 1.27. The monoisotopic (exact) mass is 198 g/mol. The van der Waals surface area contributed by atoms with Crippen LogP contribution in [0.2, 0.25) is 0 Å². The number of nitrogens with zero attached hydrogens (tertiary/aromatic N) is 2. The second kappa shape index (κ2) is 5.26. The van der Waals surface area contributed by atoms with Crippen LogP contribution in [0.15, 0.2) is 16.8 Å². The highest BCUT2D eigenvalue weighted by Crippen LogP contribution is 2.08. The van der Waals surface area contributed by atoms with E-state index in [1.54, 1.807) is 11.1 Å². The van der Waals surface area contributed by atoms with E-state index in [4.69, 9.17) is 0 Å². The van der Waals surface area contributed by atoms with E-state index >= 15 is 0 Å². The number of ether oxygens (including phenoxy) is 1. The van der Waals surface area contributed by atoms with Crippen molar-refractivity contribution in [2.24, 2.45) is 5.16 Å². The van der Waals surface area contributed by atoms with Gasteiger partial charge in [-0.1, -0.05) is 11.2 Å². The third kappa shape index (κ3) is 2.76. The predicted molar refractivity (Wildman–Crippen MR) is 52.2 cm³/mol. The lowest BCUT2D eigenvalue weighted by Crippen LogP contribution is -2.35. The molecular weight excluding hydrogens is 184 g/mol. The van der Waals surface area contributed by atoms with Gasteiger partial charge < -0.3 is 14.5 Å². The molecule has 1 aliphatic heterocycles. The van der Waals surface area contributed by atoms with Gasteiger partial charge in [0.25, 0.3) is 0 Å². The summed E-state index contributed by atoms with van der Waals surface area (Å²) in [6.45, 7) is 1.22. The van der Waals surface area contributed by atoms with E-state index in [1.165, 1.54) is 14.2 Å². The molecule has 5 nitrogen and oxygen atoms in total. The van der Waals surface area contributed by atoms with Crippen molar-refractivity contribution in [3.05, 3.63) is 11.6 Å². The SMILES string of the molecule is CO/N=C/C1=CCCN(C(=O)OC)C1. The molecule has 0 aromatic heterocycles. The van der Waals surface area contributed by atoms with Crippen LogP contribution in [0.3, 0.4) is 0 Å². The molecular formula is C9H14N2O3. The summed E-state index contributed by atoms with van der Waals surface area (Å²) in [6.07, 6.45) is 4.15. The fourth-order valence-corrected chi connectivity index (χ4v) is 1.27. The molecule has 1 heterocycles. The van der Waals surface area contributed by atoms with E-state index < -0.39 is 0 Å². The second-order valence-electron chi connectivity index (χ2n) is 2.88. The summed E-state index contributed by atoms with van der Waals surface area (Å²) in [6, 6.07) is 0. The molecule has 0 bridgehead atoms. The number of hydrogen-bond donors (Lipinski definition) is 0. The van der Waals surface area contributed by atoms with E-state index in [0.717, 1.165) is 12.0 Å². The maximum atomic E-state index is 11.2. The summed E-state index contributed by atoms with van der Waals surface area (Å²) < 4.78 is 4.63. The molecule has 78 valence electrons.